The number of carbonyl (C=O) groups is 1. The number of ketones is 1. The van der Waals surface area contributed by atoms with Crippen molar-refractivity contribution >= 4 is 16.8 Å². The van der Waals surface area contributed by atoms with E-state index in [-0.39, 0.29) is 35.0 Å². The Bertz CT molecular complexity index is 993. The second kappa shape index (κ2) is 9.27. The summed E-state index contributed by atoms with van der Waals surface area (Å²) in [5.41, 5.74) is 1.02. The minimum atomic E-state index is -0.940. The van der Waals surface area contributed by atoms with Crippen LogP contribution in [0.5, 0.6) is 11.5 Å². The van der Waals surface area contributed by atoms with Crippen LogP contribution in [0.25, 0.3) is 11.0 Å². The van der Waals surface area contributed by atoms with E-state index in [1.807, 2.05) is 33.8 Å². The van der Waals surface area contributed by atoms with Gasteiger partial charge in [-0.1, -0.05) is 32.4 Å². The number of aliphatic hydroxyl groups excluding tert-OH is 1. The van der Waals surface area contributed by atoms with Crippen molar-refractivity contribution < 1.29 is 24.2 Å². The number of phenols is 1. The van der Waals surface area contributed by atoms with Crippen molar-refractivity contribution in [2.24, 2.45) is 5.92 Å². The molecular formula is C23H30O6. The number of methoxy groups -OCH3 is 1. The van der Waals surface area contributed by atoms with Crippen molar-refractivity contribution in [3.63, 3.8) is 0 Å². The third-order valence-corrected chi connectivity index (χ3v) is 4.78. The first-order valence-electron chi connectivity index (χ1n) is 9.86. The van der Waals surface area contributed by atoms with E-state index in [2.05, 4.69) is 0 Å². The lowest BCUT2D eigenvalue weighted by molar-refractivity contribution is 0.0965. The number of benzene rings is 1. The Labute approximate surface area is 170 Å². The molecule has 0 spiro atoms. The van der Waals surface area contributed by atoms with Crippen molar-refractivity contribution in [2.75, 3.05) is 7.11 Å². The quantitative estimate of drug-likeness (QED) is 0.378. The van der Waals surface area contributed by atoms with Crippen LogP contribution in [0.2, 0.25) is 0 Å². The molecule has 0 amide bonds. The standard InChI is InChI=1S/C23H30O6/c1-7-16(24)15-11-18(26)29-23-19(15)22(28-6)14(9-8-12(2)3)21(27)20(23)17(25)10-13(4)5/h8,11,13,16,24,27H,7,9-10H2,1-6H3. The zero-order valence-electron chi connectivity index (χ0n) is 18.0. The Morgan fingerprint density at radius 3 is 2.48 bits per heavy atom. The van der Waals surface area contributed by atoms with Crippen LogP contribution >= 0.6 is 0 Å². The number of allylic oxidation sites excluding steroid dienone is 2. The molecule has 1 unspecified atom stereocenters. The number of ether oxygens (including phenoxy) is 1. The van der Waals surface area contributed by atoms with Gasteiger partial charge >= 0.3 is 5.63 Å². The maximum absolute atomic E-state index is 13.0. The summed E-state index contributed by atoms with van der Waals surface area (Å²) in [4.78, 5) is 25.2. The summed E-state index contributed by atoms with van der Waals surface area (Å²) < 4.78 is 11.0. The molecule has 1 heterocycles. The van der Waals surface area contributed by atoms with E-state index >= 15 is 0 Å². The molecule has 29 heavy (non-hydrogen) atoms. The number of phenolic OH excluding ortho intramolecular Hbond substituents is 1. The van der Waals surface area contributed by atoms with Crippen molar-refractivity contribution in [1.29, 1.82) is 0 Å². The maximum atomic E-state index is 13.0. The summed E-state index contributed by atoms with van der Waals surface area (Å²) in [6, 6.07) is 1.22. The molecule has 0 saturated heterocycles. The van der Waals surface area contributed by atoms with Crippen LogP contribution in [0.3, 0.4) is 0 Å². The molecule has 158 valence electrons. The van der Waals surface area contributed by atoms with Crippen LogP contribution in [0, 0.1) is 5.92 Å². The van der Waals surface area contributed by atoms with Crippen molar-refractivity contribution in [3.8, 4) is 11.5 Å². The van der Waals surface area contributed by atoms with Crippen molar-refractivity contribution in [1.82, 2.24) is 0 Å². The molecule has 2 rings (SSSR count). The monoisotopic (exact) mass is 402 g/mol. The minimum absolute atomic E-state index is 0.0334. The highest BCUT2D eigenvalue weighted by atomic mass is 16.5. The summed E-state index contributed by atoms with van der Waals surface area (Å²) >= 11 is 0. The van der Waals surface area contributed by atoms with Gasteiger partial charge in [-0.15, -0.1) is 0 Å². The molecule has 1 atom stereocenters. The summed E-state index contributed by atoms with van der Waals surface area (Å²) in [6.45, 7) is 9.44. The summed E-state index contributed by atoms with van der Waals surface area (Å²) in [6.07, 6.45) is 1.85. The Morgan fingerprint density at radius 2 is 1.97 bits per heavy atom. The molecule has 0 fully saturated rings. The number of aliphatic hydroxyl groups is 1. The molecule has 2 N–H and O–H groups in total. The number of rotatable bonds is 8. The average Bonchev–Trinajstić information content (AvgIpc) is 2.63. The van der Waals surface area contributed by atoms with E-state index in [0.717, 1.165) is 5.57 Å². The topological polar surface area (TPSA) is 97.0 Å². The SMILES string of the molecule is CCC(O)c1cc(=O)oc2c(C(=O)CC(C)C)c(O)c(CC=C(C)C)c(OC)c12. The van der Waals surface area contributed by atoms with Crippen molar-refractivity contribution in [2.45, 2.75) is 60.0 Å². The summed E-state index contributed by atoms with van der Waals surface area (Å²) in [7, 11) is 1.45. The molecular weight excluding hydrogens is 372 g/mol. The van der Waals surface area contributed by atoms with Gasteiger partial charge in [0.2, 0.25) is 0 Å². The van der Waals surface area contributed by atoms with Gasteiger partial charge in [-0.3, -0.25) is 4.79 Å². The van der Waals surface area contributed by atoms with Gasteiger partial charge in [0.15, 0.2) is 11.4 Å². The first kappa shape index (κ1) is 22.7. The fraction of sp³-hybridized carbons (Fsp3) is 0.478. The van der Waals surface area contributed by atoms with E-state index in [1.54, 1.807) is 6.92 Å². The van der Waals surface area contributed by atoms with Crippen LogP contribution in [0.1, 0.15) is 75.0 Å². The van der Waals surface area contributed by atoms with E-state index in [1.165, 1.54) is 13.2 Å². The van der Waals surface area contributed by atoms with Crippen LogP contribution in [0.4, 0.5) is 0 Å². The zero-order chi connectivity index (χ0) is 21.9. The van der Waals surface area contributed by atoms with E-state index in [9.17, 15) is 19.8 Å². The minimum Gasteiger partial charge on any atom is -0.507 e. The number of aromatic hydroxyl groups is 1. The molecule has 1 aromatic heterocycles. The van der Waals surface area contributed by atoms with Gasteiger partial charge in [-0.25, -0.2) is 4.79 Å². The fourth-order valence-corrected chi connectivity index (χ4v) is 3.37. The van der Waals surface area contributed by atoms with Crippen LogP contribution in [-0.2, 0) is 6.42 Å². The lowest BCUT2D eigenvalue weighted by atomic mass is 9.91. The molecule has 0 radical (unpaired) electrons. The molecule has 0 bridgehead atoms. The molecule has 0 aliphatic carbocycles. The van der Waals surface area contributed by atoms with E-state index in [0.29, 0.717) is 35.1 Å². The second-order valence-electron chi connectivity index (χ2n) is 7.89. The number of carbonyl (C=O) groups excluding carboxylic acids is 1. The normalized spacial score (nSPS) is 12.3. The Hall–Kier alpha value is -2.60. The lowest BCUT2D eigenvalue weighted by Gasteiger charge is -2.20. The molecule has 1 aromatic carbocycles. The molecule has 6 heteroatoms. The maximum Gasteiger partial charge on any atom is 0.336 e. The lowest BCUT2D eigenvalue weighted by Crippen LogP contribution is -2.12. The number of hydrogen-bond acceptors (Lipinski definition) is 6. The van der Waals surface area contributed by atoms with E-state index < -0.39 is 11.7 Å². The number of Topliss-reactive ketones (excluding diaryl/α,β-unsaturated/α-hetero) is 1. The second-order valence-corrected chi connectivity index (χ2v) is 7.89. The third-order valence-electron chi connectivity index (χ3n) is 4.78. The Balaban J connectivity index is 3.05. The van der Waals surface area contributed by atoms with Gasteiger partial charge in [0.25, 0.3) is 0 Å². The smallest absolute Gasteiger partial charge is 0.336 e. The van der Waals surface area contributed by atoms with Gasteiger partial charge in [-0.2, -0.15) is 0 Å². The van der Waals surface area contributed by atoms with Gasteiger partial charge in [0.05, 0.1) is 18.6 Å². The molecule has 2 aromatic rings. The van der Waals surface area contributed by atoms with Crippen LogP contribution < -0.4 is 10.4 Å². The van der Waals surface area contributed by atoms with Crippen LogP contribution in [0.15, 0.2) is 26.9 Å². The average molecular weight is 402 g/mol. The highest BCUT2D eigenvalue weighted by Gasteiger charge is 2.29. The summed E-state index contributed by atoms with van der Waals surface area (Å²) in [5, 5.41) is 21.9. The first-order chi connectivity index (χ1) is 13.6. The predicted octanol–water partition coefficient (Wildman–Crippen LogP) is 4.69. The number of hydrogen-bond donors (Lipinski definition) is 2. The Morgan fingerprint density at radius 1 is 1.31 bits per heavy atom. The number of fused-ring (bicyclic) bond motifs is 1. The molecule has 0 aliphatic rings. The van der Waals surface area contributed by atoms with E-state index in [4.69, 9.17) is 9.15 Å². The third kappa shape index (κ3) is 4.70. The molecule has 6 nitrogen and oxygen atoms in total. The fourth-order valence-electron chi connectivity index (χ4n) is 3.37. The highest BCUT2D eigenvalue weighted by Crippen LogP contribution is 2.44. The van der Waals surface area contributed by atoms with Crippen LogP contribution in [-0.4, -0.2) is 23.1 Å². The van der Waals surface area contributed by atoms with Gasteiger partial charge in [0, 0.05) is 23.6 Å². The Kier molecular flexibility index (Phi) is 7.25. The molecule has 0 aliphatic heterocycles. The zero-order valence-corrected chi connectivity index (χ0v) is 18.0. The predicted molar refractivity (Wildman–Crippen MR) is 113 cm³/mol. The first-order valence-corrected chi connectivity index (χ1v) is 9.86. The highest BCUT2D eigenvalue weighted by molar-refractivity contribution is 6.11. The summed E-state index contributed by atoms with van der Waals surface area (Å²) in [5.74, 6) is -0.225. The van der Waals surface area contributed by atoms with Crippen molar-refractivity contribution in [3.05, 3.63) is 44.8 Å². The van der Waals surface area contributed by atoms with Gasteiger partial charge in [-0.05, 0) is 32.6 Å². The molecule has 0 saturated carbocycles. The van der Waals surface area contributed by atoms with Gasteiger partial charge in [0.1, 0.15) is 17.1 Å². The van der Waals surface area contributed by atoms with Gasteiger partial charge < -0.3 is 19.4 Å². The largest absolute Gasteiger partial charge is 0.507 e.